The number of aromatic nitrogens is 2. The number of carboxylic acids is 2. The number of thioether (sulfide) groups is 1. The van der Waals surface area contributed by atoms with E-state index < -0.39 is 17.8 Å². The minimum Gasteiger partial charge on any atom is -0.545 e. The molecule has 10 heteroatoms. The molecular weight excluding hydrogens is 402 g/mol. The Labute approximate surface area is 170 Å². The molecule has 2 rings (SSSR count). The quantitative estimate of drug-likeness (QED) is 0.471. The number of anilines is 1. The first-order valence-electron chi connectivity index (χ1n) is 8.60. The number of nitrogens with zero attached hydrogens (tertiary/aromatic N) is 2. The third-order valence-corrected chi connectivity index (χ3v) is 6.05. The van der Waals surface area contributed by atoms with E-state index in [-0.39, 0.29) is 32.7 Å². The van der Waals surface area contributed by atoms with Crippen LogP contribution in [0.3, 0.4) is 0 Å². The Morgan fingerprint density at radius 1 is 1.21 bits per heavy atom. The Hall–Kier alpha value is -2.46. The minimum absolute atomic E-state index is 0.0585. The lowest BCUT2D eigenvalue weighted by molar-refractivity contribution is -0.255. The van der Waals surface area contributed by atoms with E-state index in [1.54, 1.807) is 19.2 Å². The summed E-state index contributed by atoms with van der Waals surface area (Å²) in [6.45, 7) is 5.46. The average Bonchev–Trinajstić information content (AvgIpc) is 3.00. The first kappa shape index (κ1) is 21.8. The fourth-order valence-corrected chi connectivity index (χ4v) is 4.56. The zero-order valence-corrected chi connectivity index (χ0v) is 17.2. The van der Waals surface area contributed by atoms with Crippen LogP contribution in [0.15, 0.2) is 17.4 Å². The van der Waals surface area contributed by atoms with Gasteiger partial charge in [-0.05, 0) is 37.3 Å². The highest BCUT2D eigenvalue weighted by Gasteiger charge is 2.25. The Balaban J connectivity index is 2.28. The Bertz CT molecular complexity index is 893. The molecule has 0 aliphatic heterocycles. The average molecular weight is 422 g/mol. The smallest absolute Gasteiger partial charge is 0.235 e. The number of carbonyl (C=O) groups excluding carboxylic acids is 3. The number of amides is 1. The van der Waals surface area contributed by atoms with Crippen molar-refractivity contribution in [2.24, 2.45) is 0 Å². The molecular formula is C18H19N3O5S2-2. The van der Waals surface area contributed by atoms with Crippen molar-refractivity contribution >= 4 is 45.9 Å². The summed E-state index contributed by atoms with van der Waals surface area (Å²) in [5.41, 5.74) is 0.617. The molecule has 2 heterocycles. The fraction of sp³-hybridized carbons (Fsp3) is 0.389. The van der Waals surface area contributed by atoms with Crippen molar-refractivity contribution in [3.63, 3.8) is 0 Å². The summed E-state index contributed by atoms with van der Waals surface area (Å²) in [7, 11) is 0. The van der Waals surface area contributed by atoms with Gasteiger partial charge in [0.15, 0.2) is 5.16 Å². The van der Waals surface area contributed by atoms with Crippen LogP contribution < -0.4 is 15.5 Å². The molecule has 0 saturated heterocycles. The van der Waals surface area contributed by atoms with Crippen LogP contribution in [0.2, 0.25) is 0 Å². The minimum atomic E-state index is -1.53. The van der Waals surface area contributed by atoms with Gasteiger partial charge in [0, 0.05) is 17.5 Å². The lowest BCUT2D eigenvalue weighted by atomic mass is 9.90. The second-order valence-electron chi connectivity index (χ2n) is 5.95. The van der Waals surface area contributed by atoms with Gasteiger partial charge in [-0.25, -0.2) is 9.97 Å². The van der Waals surface area contributed by atoms with Crippen molar-refractivity contribution in [3.8, 4) is 0 Å². The largest absolute Gasteiger partial charge is 0.545 e. The van der Waals surface area contributed by atoms with Crippen molar-refractivity contribution < 1.29 is 24.6 Å². The van der Waals surface area contributed by atoms with Gasteiger partial charge >= 0.3 is 0 Å². The van der Waals surface area contributed by atoms with Crippen LogP contribution in [0, 0.1) is 6.92 Å². The van der Waals surface area contributed by atoms with Crippen molar-refractivity contribution in [1.82, 2.24) is 9.97 Å². The Morgan fingerprint density at radius 3 is 2.43 bits per heavy atom. The van der Waals surface area contributed by atoms with Crippen LogP contribution in [0.4, 0.5) is 5.00 Å². The number of carbonyl (C=O) groups is 3. The maximum atomic E-state index is 12.3. The number of hydrogen-bond acceptors (Lipinski definition) is 9. The summed E-state index contributed by atoms with van der Waals surface area (Å²) in [5, 5.41) is 26.1. The van der Waals surface area contributed by atoms with Gasteiger partial charge in [-0.15, -0.1) is 11.3 Å². The number of nitrogens with one attached hydrogen (secondary N) is 1. The fourth-order valence-electron chi connectivity index (χ4n) is 2.76. The summed E-state index contributed by atoms with van der Waals surface area (Å²) in [6.07, 6.45) is 2.66. The van der Waals surface area contributed by atoms with E-state index in [1.807, 2.05) is 13.8 Å². The molecule has 0 unspecified atom stereocenters. The molecule has 1 N–H and O–H groups in total. The van der Waals surface area contributed by atoms with Crippen molar-refractivity contribution in [2.75, 3.05) is 11.1 Å². The second-order valence-corrected chi connectivity index (χ2v) is 7.92. The van der Waals surface area contributed by atoms with Gasteiger partial charge in [0.2, 0.25) is 5.91 Å². The van der Waals surface area contributed by atoms with Crippen LogP contribution in [-0.2, 0) is 4.79 Å². The van der Waals surface area contributed by atoms with Crippen LogP contribution in [-0.4, -0.2) is 33.6 Å². The highest BCUT2D eigenvalue weighted by atomic mass is 32.2. The standard InChI is InChI=1S/C18H21N3O5S2/c1-4-10(5-2)12-13(16(23)24)15(28-14(12)17(25)26)21-11(22)8-27-18-19-7-6-9(3)20-18/h6-7,10H,4-5,8H2,1-3H3,(H,21,22)(H,23,24)(H,25,26)/p-2. The molecule has 2 aromatic heterocycles. The molecule has 0 spiro atoms. The number of thiophene rings is 1. The molecule has 0 aliphatic rings. The van der Waals surface area contributed by atoms with Crippen molar-refractivity contribution in [1.29, 1.82) is 0 Å². The maximum absolute atomic E-state index is 12.3. The van der Waals surface area contributed by atoms with E-state index in [0.29, 0.717) is 29.3 Å². The normalized spacial score (nSPS) is 10.9. The number of carboxylic acid groups (broad SMARTS) is 2. The summed E-state index contributed by atoms with van der Waals surface area (Å²) in [6, 6.07) is 1.72. The lowest BCUT2D eigenvalue weighted by Gasteiger charge is -2.18. The van der Waals surface area contributed by atoms with Gasteiger partial charge < -0.3 is 25.1 Å². The number of hydrogen-bond donors (Lipinski definition) is 1. The number of aromatic carboxylic acids is 2. The van der Waals surface area contributed by atoms with Crippen LogP contribution >= 0.6 is 23.1 Å². The van der Waals surface area contributed by atoms with Crippen LogP contribution in [0.5, 0.6) is 0 Å². The monoisotopic (exact) mass is 421 g/mol. The third-order valence-electron chi connectivity index (χ3n) is 4.09. The van der Waals surface area contributed by atoms with E-state index in [9.17, 15) is 24.6 Å². The molecule has 0 atom stereocenters. The summed E-state index contributed by atoms with van der Waals surface area (Å²) in [5.74, 6) is -3.86. The van der Waals surface area contributed by atoms with Gasteiger partial charge in [0.1, 0.15) is 5.00 Å². The number of rotatable bonds is 9. The van der Waals surface area contributed by atoms with E-state index in [0.717, 1.165) is 17.5 Å². The molecule has 8 nitrogen and oxygen atoms in total. The van der Waals surface area contributed by atoms with Gasteiger partial charge in [0.05, 0.1) is 22.6 Å². The predicted octanol–water partition coefficient (Wildman–Crippen LogP) is 1.21. The molecule has 0 aliphatic carbocycles. The second kappa shape index (κ2) is 9.65. The van der Waals surface area contributed by atoms with E-state index in [2.05, 4.69) is 15.3 Å². The van der Waals surface area contributed by atoms with Gasteiger partial charge in [0.25, 0.3) is 0 Å². The van der Waals surface area contributed by atoms with Crippen molar-refractivity contribution in [2.45, 2.75) is 44.7 Å². The van der Waals surface area contributed by atoms with Gasteiger partial charge in [-0.1, -0.05) is 25.6 Å². The molecule has 0 aromatic carbocycles. The summed E-state index contributed by atoms with van der Waals surface area (Å²) in [4.78, 5) is 43.5. The van der Waals surface area contributed by atoms with Gasteiger partial charge in [-0.2, -0.15) is 0 Å². The SMILES string of the molecule is CCC(CC)c1c(C(=O)[O-])sc(NC(=O)CSc2nccc(C)n2)c1C(=O)[O-]. The molecule has 1 amide bonds. The molecule has 0 radical (unpaired) electrons. The molecule has 0 fully saturated rings. The van der Waals surface area contributed by atoms with E-state index in [4.69, 9.17) is 0 Å². The zero-order valence-electron chi connectivity index (χ0n) is 15.6. The zero-order chi connectivity index (χ0) is 20.8. The van der Waals surface area contributed by atoms with Crippen LogP contribution in [0.25, 0.3) is 0 Å². The maximum Gasteiger partial charge on any atom is 0.235 e. The molecule has 28 heavy (non-hydrogen) atoms. The van der Waals surface area contributed by atoms with Crippen LogP contribution in [0.1, 0.15) is 63.9 Å². The van der Waals surface area contributed by atoms with Crippen molar-refractivity contribution in [3.05, 3.63) is 34.0 Å². The van der Waals surface area contributed by atoms with Gasteiger partial charge in [-0.3, -0.25) is 4.79 Å². The molecule has 0 bridgehead atoms. The molecule has 0 saturated carbocycles. The van der Waals surface area contributed by atoms with E-state index in [1.165, 1.54) is 0 Å². The first-order chi connectivity index (χ1) is 13.3. The Kier molecular flexibility index (Phi) is 7.53. The predicted molar refractivity (Wildman–Crippen MR) is 102 cm³/mol. The topological polar surface area (TPSA) is 135 Å². The Morgan fingerprint density at radius 2 is 1.89 bits per heavy atom. The molecule has 150 valence electrons. The molecule has 2 aromatic rings. The lowest BCUT2D eigenvalue weighted by Crippen LogP contribution is -2.27. The first-order valence-corrected chi connectivity index (χ1v) is 10.4. The summed E-state index contributed by atoms with van der Waals surface area (Å²) < 4.78 is 0. The third kappa shape index (κ3) is 5.08. The summed E-state index contributed by atoms with van der Waals surface area (Å²) >= 11 is 1.77. The van der Waals surface area contributed by atoms with E-state index >= 15 is 0 Å². The highest BCUT2D eigenvalue weighted by molar-refractivity contribution is 7.99. The highest BCUT2D eigenvalue weighted by Crippen LogP contribution is 2.40. The number of aryl methyl sites for hydroxylation is 1.